The molecule has 0 radical (unpaired) electrons. The number of carbonyl (C=O) groups is 1. The molecule has 3 aromatic rings. The lowest BCUT2D eigenvalue weighted by Gasteiger charge is -2.09. The molecular weight excluding hydrogens is 455 g/mol. The molecule has 0 aromatic heterocycles. The van der Waals surface area contributed by atoms with E-state index >= 15 is 0 Å². The first-order valence-electron chi connectivity index (χ1n) is 9.48. The van der Waals surface area contributed by atoms with Crippen molar-refractivity contribution in [2.24, 2.45) is 0 Å². The Bertz CT molecular complexity index is 1210. The summed E-state index contributed by atoms with van der Waals surface area (Å²) >= 11 is 11.8. The molecule has 0 N–H and O–H groups in total. The highest BCUT2D eigenvalue weighted by Crippen LogP contribution is 2.28. The topological polar surface area (TPSA) is 60.4 Å². The first-order chi connectivity index (χ1) is 14.7. The fourth-order valence-corrected chi connectivity index (χ4v) is 4.45. The van der Waals surface area contributed by atoms with Crippen molar-refractivity contribution in [3.63, 3.8) is 0 Å². The maximum atomic E-state index is 12.5. The van der Waals surface area contributed by atoms with Crippen LogP contribution in [0.2, 0.25) is 10.0 Å². The third-order valence-electron chi connectivity index (χ3n) is 4.54. The van der Waals surface area contributed by atoms with Gasteiger partial charge in [-0.3, -0.25) is 4.79 Å². The van der Waals surface area contributed by atoms with Crippen molar-refractivity contribution in [2.45, 2.75) is 24.7 Å². The zero-order chi connectivity index (χ0) is 22.6. The highest BCUT2D eigenvalue weighted by Gasteiger charge is 2.21. The lowest BCUT2D eigenvalue weighted by Crippen LogP contribution is -2.10. The van der Waals surface area contributed by atoms with Crippen molar-refractivity contribution in [3.05, 3.63) is 99.5 Å². The van der Waals surface area contributed by atoms with E-state index in [4.69, 9.17) is 27.4 Å². The summed E-state index contributed by atoms with van der Waals surface area (Å²) in [4.78, 5) is 12.2. The van der Waals surface area contributed by atoms with Crippen molar-refractivity contribution in [1.29, 1.82) is 0 Å². The summed E-state index contributed by atoms with van der Waals surface area (Å²) in [6, 6.07) is 17.9. The smallest absolute Gasteiger partial charge is 0.340 e. The van der Waals surface area contributed by atoms with E-state index in [-0.39, 0.29) is 26.5 Å². The zero-order valence-electron chi connectivity index (χ0n) is 16.9. The van der Waals surface area contributed by atoms with Crippen LogP contribution in [0.1, 0.15) is 41.3 Å². The van der Waals surface area contributed by atoms with E-state index in [9.17, 15) is 13.2 Å². The van der Waals surface area contributed by atoms with Crippen molar-refractivity contribution < 1.29 is 17.4 Å². The van der Waals surface area contributed by atoms with Crippen LogP contribution in [0.15, 0.2) is 77.7 Å². The van der Waals surface area contributed by atoms with Gasteiger partial charge in [0, 0.05) is 10.6 Å². The Labute approximate surface area is 192 Å². The monoisotopic (exact) mass is 474 g/mol. The number of hydrogen-bond acceptors (Lipinski definition) is 4. The molecule has 0 atom stereocenters. The molecule has 0 saturated carbocycles. The van der Waals surface area contributed by atoms with Crippen LogP contribution < -0.4 is 4.18 Å². The number of carbonyl (C=O) groups excluding carboxylic acids is 1. The van der Waals surface area contributed by atoms with Crippen molar-refractivity contribution in [3.8, 4) is 5.75 Å². The summed E-state index contributed by atoms with van der Waals surface area (Å²) in [6.45, 7) is 4.24. The number of ketones is 1. The molecule has 0 aliphatic rings. The molecule has 4 nitrogen and oxygen atoms in total. The minimum atomic E-state index is -4.17. The predicted molar refractivity (Wildman–Crippen MR) is 125 cm³/mol. The number of hydrogen-bond donors (Lipinski definition) is 0. The predicted octanol–water partition coefficient (Wildman–Crippen LogP) is 6.78. The number of rotatable bonds is 7. The van der Waals surface area contributed by atoms with Crippen LogP contribution in [0.3, 0.4) is 0 Å². The molecule has 0 fully saturated rings. The van der Waals surface area contributed by atoms with Crippen molar-refractivity contribution >= 4 is 45.2 Å². The van der Waals surface area contributed by atoms with E-state index in [0.29, 0.717) is 11.5 Å². The maximum Gasteiger partial charge on any atom is 0.340 e. The van der Waals surface area contributed by atoms with Crippen LogP contribution in [-0.4, -0.2) is 14.2 Å². The Hall–Kier alpha value is -2.60. The SMILES string of the molecule is CC(C)c1ccc(/C=C/C(=O)c2ccc(OS(=O)(=O)c3cc(Cl)ccc3Cl)cc2)cc1. The van der Waals surface area contributed by atoms with Crippen molar-refractivity contribution in [1.82, 2.24) is 0 Å². The Balaban J connectivity index is 1.70. The van der Waals surface area contributed by atoms with E-state index in [0.717, 1.165) is 5.56 Å². The van der Waals surface area contributed by atoms with Crippen LogP contribution in [0.4, 0.5) is 0 Å². The maximum absolute atomic E-state index is 12.5. The van der Waals surface area contributed by atoms with E-state index in [1.807, 2.05) is 24.3 Å². The standard InChI is InChI=1S/C24H20Cl2O4S/c1-16(2)18-6-3-17(4-7-18)5-14-23(27)19-8-11-21(12-9-19)30-31(28,29)24-15-20(25)10-13-22(24)26/h3-16H,1-2H3/b14-5+. The molecule has 0 unspecified atom stereocenters. The average molecular weight is 475 g/mol. The van der Waals surface area contributed by atoms with Crippen LogP contribution in [0.25, 0.3) is 6.08 Å². The van der Waals surface area contributed by atoms with Gasteiger partial charge in [0.15, 0.2) is 5.78 Å². The molecule has 3 rings (SSSR count). The van der Waals surface area contributed by atoms with Gasteiger partial charge in [-0.05, 0) is 65.6 Å². The highest BCUT2D eigenvalue weighted by atomic mass is 35.5. The summed E-state index contributed by atoms with van der Waals surface area (Å²) in [5, 5.41) is 0.223. The van der Waals surface area contributed by atoms with E-state index in [1.165, 1.54) is 54.1 Å². The van der Waals surface area contributed by atoms with Gasteiger partial charge in [0.2, 0.25) is 0 Å². The lowest BCUT2D eigenvalue weighted by atomic mass is 10.0. The number of halogens is 2. The molecule has 0 amide bonds. The van der Waals surface area contributed by atoms with E-state index in [1.54, 1.807) is 6.08 Å². The van der Waals surface area contributed by atoms with Gasteiger partial charge in [0.25, 0.3) is 0 Å². The molecule has 160 valence electrons. The quantitative estimate of drug-likeness (QED) is 0.215. The summed E-state index contributed by atoms with van der Waals surface area (Å²) in [6.07, 6.45) is 3.21. The van der Waals surface area contributed by atoms with Gasteiger partial charge >= 0.3 is 10.1 Å². The second-order valence-corrected chi connectivity index (χ2v) is 9.51. The first-order valence-corrected chi connectivity index (χ1v) is 11.6. The average Bonchev–Trinajstić information content (AvgIpc) is 2.74. The number of benzene rings is 3. The zero-order valence-corrected chi connectivity index (χ0v) is 19.2. The van der Waals surface area contributed by atoms with Crippen LogP contribution in [-0.2, 0) is 10.1 Å². The molecule has 0 aliphatic heterocycles. The van der Waals surface area contributed by atoms with Gasteiger partial charge in [-0.25, -0.2) is 0 Å². The van der Waals surface area contributed by atoms with Crippen molar-refractivity contribution in [2.75, 3.05) is 0 Å². The fraction of sp³-hybridized carbons (Fsp3) is 0.125. The van der Waals surface area contributed by atoms with Crippen LogP contribution in [0.5, 0.6) is 5.75 Å². The van der Waals surface area contributed by atoms with Gasteiger partial charge < -0.3 is 4.18 Å². The van der Waals surface area contributed by atoms with Gasteiger partial charge in [-0.1, -0.05) is 67.4 Å². The minimum absolute atomic E-state index is 0.00256. The first kappa shape index (κ1) is 23.1. The molecule has 3 aromatic carbocycles. The third-order valence-corrected chi connectivity index (χ3v) is 6.50. The molecule has 0 bridgehead atoms. The Morgan fingerprint density at radius 1 is 0.935 bits per heavy atom. The van der Waals surface area contributed by atoms with Crippen LogP contribution in [0, 0.1) is 0 Å². The number of allylic oxidation sites excluding steroid dienone is 1. The van der Waals surface area contributed by atoms with E-state index in [2.05, 4.69) is 13.8 Å². The Morgan fingerprint density at radius 2 is 1.58 bits per heavy atom. The van der Waals surface area contributed by atoms with Gasteiger partial charge in [0.1, 0.15) is 10.6 Å². The Kier molecular flexibility index (Phi) is 7.21. The molecule has 31 heavy (non-hydrogen) atoms. The van der Waals surface area contributed by atoms with Gasteiger partial charge in [-0.15, -0.1) is 0 Å². The van der Waals surface area contributed by atoms with E-state index < -0.39 is 10.1 Å². The highest BCUT2D eigenvalue weighted by molar-refractivity contribution is 7.87. The van der Waals surface area contributed by atoms with Gasteiger partial charge in [-0.2, -0.15) is 8.42 Å². The normalized spacial score (nSPS) is 11.8. The lowest BCUT2D eigenvalue weighted by molar-refractivity contribution is 0.104. The fourth-order valence-electron chi connectivity index (χ4n) is 2.78. The molecular formula is C24H20Cl2O4S. The molecule has 0 spiro atoms. The molecule has 0 aliphatic carbocycles. The molecule has 7 heteroatoms. The summed E-state index contributed by atoms with van der Waals surface area (Å²) < 4.78 is 30.1. The van der Waals surface area contributed by atoms with Crippen LogP contribution >= 0.6 is 23.2 Å². The molecule has 0 heterocycles. The second kappa shape index (κ2) is 9.69. The third kappa shape index (κ3) is 5.97. The summed E-state index contributed by atoms with van der Waals surface area (Å²) in [7, 11) is -4.17. The van der Waals surface area contributed by atoms with Gasteiger partial charge in [0.05, 0.1) is 5.02 Å². The second-order valence-electron chi connectivity index (χ2n) is 7.16. The Morgan fingerprint density at radius 3 is 2.19 bits per heavy atom. The minimum Gasteiger partial charge on any atom is -0.379 e. The summed E-state index contributed by atoms with van der Waals surface area (Å²) in [5.74, 6) is 0.292. The molecule has 0 saturated heterocycles. The summed E-state index contributed by atoms with van der Waals surface area (Å²) in [5.41, 5.74) is 2.55. The largest absolute Gasteiger partial charge is 0.379 e.